The van der Waals surface area contributed by atoms with E-state index in [2.05, 4.69) is 21.2 Å². The molecule has 0 fully saturated rings. The van der Waals surface area contributed by atoms with Gasteiger partial charge in [-0.1, -0.05) is 0 Å². The highest BCUT2D eigenvalue weighted by Crippen LogP contribution is 2.26. The van der Waals surface area contributed by atoms with Crippen molar-refractivity contribution >= 4 is 21.9 Å². The van der Waals surface area contributed by atoms with Crippen molar-refractivity contribution in [3.05, 3.63) is 22.6 Å². The molecule has 0 aromatic carbocycles. The van der Waals surface area contributed by atoms with Gasteiger partial charge in [0.05, 0.1) is 0 Å². The lowest BCUT2D eigenvalue weighted by molar-refractivity contribution is -0.145. The van der Waals surface area contributed by atoms with Crippen molar-refractivity contribution in [3.8, 4) is 0 Å². The quantitative estimate of drug-likeness (QED) is 0.886. The highest BCUT2D eigenvalue weighted by Gasteiger charge is 2.38. The zero-order valence-corrected chi connectivity index (χ0v) is 10.5. The van der Waals surface area contributed by atoms with Gasteiger partial charge in [-0.3, -0.25) is 5.32 Å². The van der Waals surface area contributed by atoms with E-state index < -0.39 is 11.5 Å². The van der Waals surface area contributed by atoms with Crippen molar-refractivity contribution in [2.24, 2.45) is 0 Å². The molecule has 0 aliphatic rings. The van der Waals surface area contributed by atoms with Crippen molar-refractivity contribution in [2.75, 3.05) is 0 Å². The second-order valence-corrected chi connectivity index (χ2v) is 4.61. The Bertz CT molecular complexity index is 361. The normalized spacial score (nSPS) is 15.3. The molecule has 1 atom stereocenters. The first-order valence-corrected chi connectivity index (χ1v) is 5.42. The van der Waals surface area contributed by atoms with Gasteiger partial charge in [-0.15, -0.1) is 0 Å². The second kappa shape index (κ2) is 4.37. The number of aliphatic carboxylic acids is 1. The first-order valence-electron chi connectivity index (χ1n) is 4.63. The largest absolute Gasteiger partial charge is 0.480 e. The lowest BCUT2D eigenvalue weighted by atomic mass is 9.98. The first-order chi connectivity index (χ1) is 6.86. The molecule has 1 heterocycles. The minimum atomic E-state index is -1.19. The van der Waals surface area contributed by atoms with Crippen LogP contribution in [0.2, 0.25) is 0 Å². The maximum absolute atomic E-state index is 11.2. The van der Waals surface area contributed by atoms with Crippen LogP contribution in [-0.2, 0) is 10.3 Å². The minimum Gasteiger partial charge on any atom is -0.480 e. The smallest absolute Gasteiger partial charge is 0.331 e. The van der Waals surface area contributed by atoms with Crippen LogP contribution >= 0.6 is 15.9 Å². The zero-order valence-electron chi connectivity index (χ0n) is 8.87. The molecule has 0 bridgehead atoms. The third-order valence-electron chi connectivity index (χ3n) is 2.07. The highest BCUT2D eigenvalue weighted by atomic mass is 79.9. The molecule has 1 aromatic heterocycles. The molecule has 0 aliphatic carbocycles. The van der Waals surface area contributed by atoms with Crippen LogP contribution in [0.15, 0.2) is 21.2 Å². The SMILES string of the molecule is CC(C)NC(C)(C(=O)O)c1ccc(Br)o1. The van der Waals surface area contributed by atoms with Gasteiger partial charge >= 0.3 is 5.97 Å². The van der Waals surface area contributed by atoms with Gasteiger partial charge in [-0.25, -0.2) is 4.79 Å². The van der Waals surface area contributed by atoms with Crippen molar-refractivity contribution in [3.63, 3.8) is 0 Å². The van der Waals surface area contributed by atoms with Crippen LogP contribution < -0.4 is 5.32 Å². The summed E-state index contributed by atoms with van der Waals surface area (Å²) in [6.45, 7) is 5.36. The Morgan fingerprint density at radius 3 is 2.53 bits per heavy atom. The summed E-state index contributed by atoms with van der Waals surface area (Å²) in [4.78, 5) is 11.2. The fraction of sp³-hybridized carbons (Fsp3) is 0.500. The van der Waals surface area contributed by atoms with Crippen LogP contribution in [0.1, 0.15) is 26.5 Å². The molecule has 0 spiro atoms. The Kier molecular flexibility index (Phi) is 3.57. The average Bonchev–Trinajstić information content (AvgIpc) is 2.50. The molecular formula is C10H14BrNO3. The van der Waals surface area contributed by atoms with Crippen LogP contribution in [0.5, 0.6) is 0 Å². The monoisotopic (exact) mass is 275 g/mol. The predicted molar refractivity (Wildman–Crippen MR) is 59.7 cm³/mol. The molecule has 0 saturated carbocycles. The van der Waals surface area contributed by atoms with Crippen LogP contribution in [0, 0.1) is 0 Å². The van der Waals surface area contributed by atoms with Crippen LogP contribution in [0.4, 0.5) is 0 Å². The van der Waals surface area contributed by atoms with Crippen LogP contribution in [-0.4, -0.2) is 17.1 Å². The Balaban J connectivity index is 3.06. The van der Waals surface area contributed by atoms with E-state index in [0.717, 1.165) is 0 Å². The number of carbonyl (C=O) groups is 1. The third kappa shape index (κ3) is 2.60. The summed E-state index contributed by atoms with van der Waals surface area (Å²) in [6.07, 6.45) is 0. The highest BCUT2D eigenvalue weighted by molar-refractivity contribution is 9.10. The van der Waals surface area contributed by atoms with Gasteiger partial charge in [0, 0.05) is 6.04 Å². The molecule has 0 saturated heterocycles. The Morgan fingerprint density at radius 2 is 2.20 bits per heavy atom. The van der Waals surface area contributed by atoms with Crippen molar-refractivity contribution in [1.82, 2.24) is 5.32 Å². The fourth-order valence-electron chi connectivity index (χ4n) is 1.40. The maximum atomic E-state index is 11.2. The molecule has 5 heteroatoms. The molecule has 2 N–H and O–H groups in total. The summed E-state index contributed by atoms with van der Waals surface area (Å²) in [5.41, 5.74) is -1.19. The van der Waals surface area contributed by atoms with Gasteiger partial charge in [-0.05, 0) is 48.8 Å². The predicted octanol–water partition coefficient (Wildman–Crippen LogP) is 2.34. The first kappa shape index (κ1) is 12.3. The van der Waals surface area contributed by atoms with Crippen molar-refractivity contribution in [1.29, 1.82) is 0 Å². The molecule has 1 rings (SSSR count). The Morgan fingerprint density at radius 1 is 1.60 bits per heavy atom. The molecule has 1 unspecified atom stereocenters. The van der Waals surface area contributed by atoms with Crippen LogP contribution in [0.3, 0.4) is 0 Å². The molecule has 0 radical (unpaired) electrons. The lowest BCUT2D eigenvalue weighted by Crippen LogP contribution is -2.49. The van der Waals surface area contributed by atoms with E-state index in [9.17, 15) is 9.90 Å². The van der Waals surface area contributed by atoms with E-state index in [1.54, 1.807) is 19.1 Å². The van der Waals surface area contributed by atoms with Crippen molar-refractivity contribution < 1.29 is 14.3 Å². The summed E-state index contributed by atoms with van der Waals surface area (Å²) in [6, 6.07) is 3.38. The molecule has 15 heavy (non-hydrogen) atoms. The molecule has 1 aromatic rings. The van der Waals surface area contributed by atoms with Gasteiger partial charge in [0.15, 0.2) is 10.2 Å². The Hall–Kier alpha value is -0.810. The number of halogens is 1. The van der Waals surface area contributed by atoms with Gasteiger partial charge in [0.1, 0.15) is 5.76 Å². The zero-order chi connectivity index (χ0) is 11.6. The Labute approximate surface area is 96.8 Å². The summed E-state index contributed by atoms with van der Waals surface area (Å²) in [5, 5.41) is 12.2. The van der Waals surface area contributed by atoms with Gasteiger partial charge in [-0.2, -0.15) is 0 Å². The number of hydrogen-bond donors (Lipinski definition) is 2. The van der Waals surface area contributed by atoms with Crippen LogP contribution in [0.25, 0.3) is 0 Å². The fourth-order valence-corrected chi connectivity index (χ4v) is 1.71. The van der Waals surface area contributed by atoms with Crippen molar-refractivity contribution in [2.45, 2.75) is 32.4 Å². The standard InChI is InChI=1S/C10H14BrNO3/c1-6(2)12-10(3,9(13)14)7-4-5-8(11)15-7/h4-6,12H,1-3H3,(H,13,14). The number of carboxylic acid groups (broad SMARTS) is 1. The van der Waals surface area contributed by atoms with Gasteiger partial charge < -0.3 is 9.52 Å². The summed E-state index contributed by atoms with van der Waals surface area (Å²) >= 11 is 3.15. The second-order valence-electron chi connectivity index (χ2n) is 3.83. The topological polar surface area (TPSA) is 62.5 Å². The van der Waals surface area contributed by atoms with Gasteiger partial charge in [0.25, 0.3) is 0 Å². The van der Waals surface area contributed by atoms with Gasteiger partial charge in [0.2, 0.25) is 0 Å². The molecule has 84 valence electrons. The summed E-state index contributed by atoms with van der Waals surface area (Å²) < 4.78 is 5.81. The third-order valence-corrected chi connectivity index (χ3v) is 2.50. The van der Waals surface area contributed by atoms with E-state index in [0.29, 0.717) is 10.4 Å². The summed E-state index contributed by atoms with van der Waals surface area (Å²) in [7, 11) is 0. The number of hydrogen-bond acceptors (Lipinski definition) is 3. The number of nitrogens with one attached hydrogen (secondary N) is 1. The molecule has 0 aliphatic heterocycles. The average molecular weight is 276 g/mol. The number of rotatable bonds is 4. The van der Waals surface area contributed by atoms with E-state index >= 15 is 0 Å². The number of furan rings is 1. The maximum Gasteiger partial charge on any atom is 0.331 e. The van der Waals surface area contributed by atoms with E-state index in [1.807, 2.05) is 13.8 Å². The minimum absolute atomic E-state index is 0.0509. The molecule has 0 amide bonds. The summed E-state index contributed by atoms with van der Waals surface area (Å²) in [5.74, 6) is -0.575. The van der Waals surface area contributed by atoms with E-state index in [4.69, 9.17) is 4.42 Å². The molecular weight excluding hydrogens is 262 g/mol. The number of carboxylic acids is 1. The lowest BCUT2D eigenvalue weighted by Gasteiger charge is -2.26. The molecule has 4 nitrogen and oxygen atoms in total. The van der Waals surface area contributed by atoms with E-state index in [-0.39, 0.29) is 6.04 Å². The van der Waals surface area contributed by atoms with E-state index in [1.165, 1.54) is 0 Å².